The van der Waals surface area contributed by atoms with Crippen LogP contribution in [0.15, 0.2) is 5.38 Å². The molecule has 104 valence electrons. The van der Waals surface area contributed by atoms with Gasteiger partial charge in [0.2, 0.25) is 0 Å². The van der Waals surface area contributed by atoms with Gasteiger partial charge in [-0.1, -0.05) is 19.8 Å². The van der Waals surface area contributed by atoms with E-state index in [2.05, 4.69) is 27.9 Å². The molecule has 2 atom stereocenters. The van der Waals surface area contributed by atoms with Crippen LogP contribution in [0, 0.1) is 5.92 Å². The zero-order valence-electron chi connectivity index (χ0n) is 11.3. The number of anilines is 1. The summed E-state index contributed by atoms with van der Waals surface area (Å²) in [5.74, 6) is 1.37. The summed E-state index contributed by atoms with van der Waals surface area (Å²) in [6.45, 7) is 2.26. The third-order valence-electron chi connectivity index (χ3n) is 4.01. The molecule has 0 bridgehead atoms. The summed E-state index contributed by atoms with van der Waals surface area (Å²) in [7, 11) is 0. The highest BCUT2D eigenvalue weighted by atomic mass is 32.1. The minimum atomic E-state index is -0.101. The van der Waals surface area contributed by atoms with Crippen molar-refractivity contribution in [1.82, 2.24) is 10.3 Å². The maximum Gasteiger partial charge on any atom is 0.321 e. The number of aromatic nitrogens is 1. The number of hydrogen-bond donors (Lipinski definition) is 2. The number of thiazole rings is 1. The number of carbonyl (C=O) groups is 1. The molecule has 2 saturated carbocycles. The number of amides is 2. The first-order valence-electron chi connectivity index (χ1n) is 7.23. The maximum atomic E-state index is 11.9. The second-order valence-electron chi connectivity index (χ2n) is 5.92. The maximum absolute atomic E-state index is 11.9. The molecule has 1 heterocycles. The average molecular weight is 279 g/mol. The molecule has 4 nitrogen and oxygen atoms in total. The van der Waals surface area contributed by atoms with Gasteiger partial charge in [0.1, 0.15) is 0 Å². The molecule has 5 heteroatoms. The van der Waals surface area contributed by atoms with Gasteiger partial charge >= 0.3 is 6.03 Å². The molecule has 2 fully saturated rings. The number of urea groups is 1. The second kappa shape index (κ2) is 5.49. The van der Waals surface area contributed by atoms with Gasteiger partial charge in [-0.3, -0.25) is 5.32 Å². The van der Waals surface area contributed by atoms with E-state index in [-0.39, 0.29) is 6.03 Å². The van der Waals surface area contributed by atoms with Crippen molar-refractivity contribution >= 4 is 22.5 Å². The van der Waals surface area contributed by atoms with Gasteiger partial charge in [-0.25, -0.2) is 9.78 Å². The summed E-state index contributed by atoms with van der Waals surface area (Å²) in [6.07, 6.45) is 7.19. The fourth-order valence-electron chi connectivity index (χ4n) is 2.79. The number of nitrogens with one attached hydrogen (secondary N) is 2. The van der Waals surface area contributed by atoms with Gasteiger partial charge in [-0.2, -0.15) is 0 Å². The van der Waals surface area contributed by atoms with Gasteiger partial charge in [0.25, 0.3) is 0 Å². The van der Waals surface area contributed by atoms with Crippen LogP contribution in [0.5, 0.6) is 0 Å². The fraction of sp³-hybridized carbons (Fsp3) is 0.714. The van der Waals surface area contributed by atoms with Gasteiger partial charge in [0.15, 0.2) is 5.13 Å². The molecular weight excluding hydrogens is 258 g/mol. The molecule has 0 radical (unpaired) electrons. The predicted molar refractivity (Wildman–Crippen MR) is 77.7 cm³/mol. The summed E-state index contributed by atoms with van der Waals surface area (Å²) in [5, 5.41) is 8.72. The van der Waals surface area contributed by atoms with Gasteiger partial charge in [0, 0.05) is 17.3 Å². The number of nitrogens with zero attached hydrogens (tertiary/aromatic N) is 1. The van der Waals surface area contributed by atoms with Crippen LogP contribution in [0.2, 0.25) is 0 Å². The molecule has 0 saturated heterocycles. The van der Waals surface area contributed by atoms with Gasteiger partial charge in [-0.05, 0) is 31.6 Å². The van der Waals surface area contributed by atoms with Crippen LogP contribution in [0.4, 0.5) is 9.93 Å². The van der Waals surface area contributed by atoms with E-state index in [4.69, 9.17) is 0 Å². The molecule has 3 rings (SSSR count). The van der Waals surface area contributed by atoms with Crippen molar-refractivity contribution in [3.8, 4) is 0 Å². The molecule has 2 amide bonds. The van der Waals surface area contributed by atoms with Crippen molar-refractivity contribution < 1.29 is 4.79 Å². The highest BCUT2D eigenvalue weighted by Gasteiger charge is 2.26. The third kappa shape index (κ3) is 3.47. The molecule has 2 aliphatic carbocycles. The molecule has 0 aromatic carbocycles. The van der Waals surface area contributed by atoms with E-state index >= 15 is 0 Å². The molecule has 2 N–H and O–H groups in total. The Morgan fingerprint density at radius 2 is 2.21 bits per heavy atom. The van der Waals surface area contributed by atoms with Crippen molar-refractivity contribution in [2.75, 3.05) is 5.32 Å². The van der Waals surface area contributed by atoms with Crippen LogP contribution in [-0.4, -0.2) is 17.1 Å². The summed E-state index contributed by atoms with van der Waals surface area (Å²) < 4.78 is 0. The van der Waals surface area contributed by atoms with E-state index in [9.17, 15) is 4.79 Å². The van der Waals surface area contributed by atoms with Crippen LogP contribution in [0.1, 0.15) is 57.1 Å². The first-order chi connectivity index (χ1) is 9.20. The van der Waals surface area contributed by atoms with Gasteiger partial charge in [-0.15, -0.1) is 11.3 Å². The highest BCUT2D eigenvalue weighted by molar-refractivity contribution is 7.13. The van der Waals surface area contributed by atoms with Crippen LogP contribution in [0.3, 0.4) is 0 Å². The first kappa shape index (κ1) is 12.9. The van der Waals surface area contributed by atoms with Gasteiger partial charge < -0.3 is 5.32 Å². The minimum Gasteiger partial charge on any atom is -0.335 e. The van der Waals surface area contributed by atoms with Crippen molar-refractivity contribution in [2.24, 2.45) is 5.92 Å². The monoisotopic (exact) mass is 279 g/mol. The summed E-state index contributed by atoms with van der Waals surface area (Å²) in [6, 6.07) is 0.224. The Bertz CT molecular complexity index is 455. The van der Waals surface area contributed by atoms with E-state index in [1.807, 2.05) is 0 Å². The Kier molecular flexibility index (Phi) is 3.73. The minimum absolute atomic E-state index is 0.101. The van der Waals surface area contributed by atoms with E-state index in [0.29, 0.717) is 12.0 Å². The van der Waals surface area contributed by atoms with E-state index in [1.54, 1.807) is 0 Å². The topological polar surface area (TPSA) is 54.0 Å². The number of rotatable bonds is 3. The Morgan fingerprint density at radius 3 is 2.95 bits per heavy atom. The molecule has 1 aromatic heterocycles. The average Bonchev–Trinajstić information content (AvgIpc) is 3.11. The summed E-state index contributed by atoms with van der Waals surface area (Å²) >= 11 is 1.53. The molecule has 0 aliphatic heterocycles. The Morgan fingerprint density at radius 1 is 1.37 bits per heavy atom. The van der Waals surface area contributed by atoms with Gasteiger partial charge in [0.05, 0.1) is 5.69 Å². The molecule has 2 unspecified atom stereocenters. The largest absolute Gasteiger partial charge is 0.335 e. The van der Waals surface area contributed by atoms with E-state index < -0.39 is 0 Å². The zero-order chi connectivity index (χ0) is 13.2. The van der Waals surface area contributed by atoms with Crippen LogP contribution in [-0.2, 0) is 0 Å². The zero-order valence-corrected chi connectivity index (χ0v) is 12.1. The molecule has 19 heavy (non-hydrogen) atoms. The van der Waals surface area contributed by atoms with E-state index in [1.165, 1.54) is 37.0 Å². The van der Waals surface area contributed by atoms with Crippen molar-refractivity contribution in [3.05, 3.63) is 11.1 Å². The third-order valence-corrected chi connectivity index (χ3v) is 4.79. The Hall–Kier alpha value is -1.10. The molecular formula is C14H21N3OS. The lowest BCUT2D eigenvalue weighted by Gasteiger charge is -2.27. The Balaban J connectivity index is 1.49. The van der Waals surface area contributed by atoms with Crippen LogP contribution >= 0.6 is 11.3 Å². The number of hydrogen-bond acceptors (Lipinski definition) is 3. The lowest BCUT2D eigenvalue weighted by Crippen LogP contribution is -2.40. The molecule has 1 aromatic rings. The lowest BCUT2D eigenvalue weighted by molar-refractivity contribution is 0.238. The van der Waals surface area contributed by atoms with Crippen LogP contribution < -0.4 is 10.6 Å². The molecule has 2 aliphatic rings. The van der Waals surface area contributed by atoms with Crippen LogP contribution in [0.25, 0.3) is 0 Å². The normalized spacial score (nSPS) is 27.0. The lowest BCUT2D eigenvalue weighted by atomic mass is 9.87. The highest BCUT2D eigenvalue weighted by Crippen LogP contribution is 2.40. The second-order valence-corrected chi connectivity index (χ2v) is 6.78. The van der Waals surface area contributed by atoms with Crippen molar-refractivity contribution in [2.45, 2.75) is 57.4 Å². The van der Waals surface area contributed by atoms with E-state index in [0.717, 1.165) is 29.6 Å². The van der Waals surface area contributed by atoms with Crippen molar-refractivity contribution in [1.29, 1.82) is 0 Å². The fourth-order valence-corrected chi connectivity index (χ4v) is 3.58. The Labute approximate surface area is 118 Å². The summed E-state index contributed by atoms with van der Waals surface area (Å²) in [4.78, 5) is 16.4. The SMILES string of the molecule is CC1CCCC(NC(=O)Nc2nc(C3CC3)cs2)C1. The smallest absolute Gasteiger partial charge is 0.321 e. The van der Waals surface area contributed by atoms with Crippen molar-refractivity contribution in [3.63, 3.8) is 0 Å². The standard InChI is InChI=1S/C14H21N3OS/c1-9-3-2-4-11(7-9)15-13(18)17-14-16-12(8-19-14)10-5-6-10/h8-11H,2-7H2,1H3,(H2,15,16,17,18). The predicted octanol–water partition coefficient (Wildman–Crippen LogP) is 3.72. The molecule has 0 spiro atoms. The number of carbonyl (C=O) groups excluding carboxylic acids is 1. The first-order valence-corrected chi connectivity index (χ1v) is 8.11. The quantitative estimate of drug-likeness (QED) is 0.886. The summed E-state index contributed by atoms with van der Waals surface area (Å²) in [5.41, 5.74) is 1.14.